The zero-order chi connectivity index (χ0) is 14.5. The van der Waals surface area contributed by atoms with E-state index in [9.17, 15) is 4.39 Å². The molecule has 4 nitrogen and oxygen atoms in total. The fourth-order valence-electron chi connectivity index (χ4n) is 1.64. The molecule has 0 aliphatic carbocycles. The second-order valence-electron chi connectivity index (χ2n) is 4.62. The summed E-state index contributed by atoms with van der Waals surface area (Å²) in [5, 5.41) is 3.10. The highest BCUT2D eigenvalue weighted by molar-refractivity contribution is 5.39. The van der Waals surface area contributed by atoms with Gasteiger partial charge in [0.05, 0.1) is 0 Å². The van der Waals surface area contributed by atoms with Crippen molar-refractivity contribution in [2.75, 3.05) is 11.9 Å². The first-order chi connectivity index (χ1) is 9.60. The topological polar surface area (TPSA) is 47.0 Å². The third-order valence-corrected chi connectivity index (χ3v) is 2.82. The third kappa shape index (κ3) is 3.44. The van der Waals surface area contributed by atoms with Crippen molar-refractivity contribution in [3.05, 3.63) is 41.3 Å². The summed E-state index contributed by atoms with van der Waals surface area (Å²) in [6, 6.07) is 4.44. The second kappa shape index (κ2) is 6.32. The van der Waals surface area contributed by atoms with Crippen LogP contribution in [0.3, 0.4) is 0 Å². The minimum atomic E-state index is -0.332. The number of anilines is 1. The largest absolute Gasteiger partial charge is 0.438 e. The van der Waals surface area contributed by atoms with Crippen molar-refractivity contribution in [2.45, 2.75) is 27.2 Å². The highest BCUT2D eigenvalue weighted by Gasteiger charge is 2.09. The molecule has 0 aliphatic heterocycles. The van der Waals surface area contributed by atoms with E-state index in [0.717, 1.165) is 24.1 Å². The Hall–Kier alpha value is -2.17. The SMILES string of the molecule is CCCNc1ncc(C)c(Oc2cc(F)ccc2C)n1. The van der Waals surface area contributed by atoms with Crippen molar-refractivity contribution in [3.8, 4) is 11.6 Å². The minimum absolute atomic E-state index is 0.332. The lowest BCUT2D eigenvalue weighted by molar-refractivity contribution is 0.450. The molecular formula is C15H18FN3O. The van der Waals surface area contributed by atoms with Crippen LogP contribution in [0.2, 0.25) is 0 Å². The van der Waals surface area contributed by atoms with Gasteiger partial charge in [0.15, 0.2) is 0 Å². The van der Waals surface area contributed by atoms with E-state index in [1.807, 2.05) is 13.8 Å². The molecule has 0 unspecified atom stereocenters. The number of aryl methyl sites for hydroxylation is 2. The van der Waals surface area contributed by atoms with Gasteiger partial charge in [-0.05, 0) is 31.9 Å². The van der Waals surface area contributed by atoms with Crippen molar-refractivity contribution >= 4 is 5.95 Å². The Morgan fingerprint density at radius 3 is 2.80 bits per heavy atom. The summed E-state index contributed by atoms with van der Waals surface area (Å²) < 4.78 is 19.0. The summed E-state index contributed by atoms with van der Waals surface area (Å²) in [7, 11) is 0. The molecule has 1 heterocycles. The van der Waals surface area contributed by atoms with Gasteiger partial charge in [-0.1, -0.05) is 13.0 Å². The summed E-state index contributed by atoms with van der Waals surface area (Å²) in [4.78, 5) is 8.49. The van der Waals surface area contributed by atoms with E-state index in [2.05, 4.69) is 22.2 Å². The van der Waals surface area contributed by atoms with E-state index in [4.69, 9.17) is 4.74 Å². The van der Waals surface area contributed by atoms with Gasteiger partial charge in [0.1, 0.15) is 11.6 Å². The molecule has 0 saturated carbocycles. The smallest absolute Gasteiger partial charge is 0.226 e. The van der Waals surface area contributed by atoms with Crippen LogP contribution in [0.4, 0.5) is 10.3 Å². The number of benzene rings is 1. The average molecular weight is 275 g/mol. The van der Waals surface area contributed by atoms with Crippen LogP contribution in [0.5, 0.6) is 11.6 Å². The Morgan fingerprint density at radius 2 is 2.05 bits per heavy atom. The minimum Gasteiger partial charge on any atom is -0.438 e. The van der Waals surface area contributed by atoms with E-state index >= 15 is 0 Å². The average Bonchev–Trinajstić information content (AvgIpc) is 2.43. The lowest BCUT2D eigenvalue weighted by Gasteiger charge is -2.11. The highest BCUT2D eigenvalue weighted by atomic mass is 19.1. The van der Waals surface area contributed by atoms with Crippen molar-refractivity contribution in [3.63, 3.8) is 0 Å². The van der Waals surface area contributed by atoms with Gasteiger partial charge in [-0.25, -0.2) is 9.37 Å². The van der Waals surface area contributed by atoms with E-state index in [1.165, 1.54) is 12.1 Å². The lowest BCUT2D eigenvalue weighted by Crippen LogP contribution is -2.05. The van der Waals surface area contributed by atoms with E-state index < -0.39 is 0 Å². The van der Waals surface area contributed by atoms with Gasteiger partial charge in [0.2, 0.25) is 11.8 Å². The number of nitrogens with one attached hydrogen (secondary N) is 1. The van der Waals surface area contributed by atoms with E-state index in [0.29, 0.717) is 17.6 Å². The number of hydrogen-bond acceptors (Lipinski definition) is 4. The van der Waals surface area contributed by atoms with Gasteiger partial charge in [0.25, 0.3) is 0 Å². The van der Waals surface area contributed by atoms with Gasteiger partial charge in [-0.2, -0.15) is 4.98 Å². The molecule has 2 aromatic rings. The molecule has 0 atom stereocenters. The fraction of sp³-hybridized carbons (Fsp3) is 0.333. The normalized spacial score (nSPS) is 10.4. The third-order valence-electron chi connectivity index (χ3n) is 2.82. The van der Waals surface area contributed by atoms with Crippen LogP contribution >= 0.6 is 0 Å². The van der Waals surface area contributed by atoms with Gasteiger partial charge in [0, 0.05) is 24.4 Å². The molecule has 5 heteroatoms. The Morgan fingerprint density at radius 1 is 1.25 bits per heavy atom. The number of nitrogens with zero attached hydrogens (tertiary/aromatic N) is 2. The summed E-state index contributed by atoms with van der Waals surface area (Å²) in [6.45, 7) is 6.57. The maximum Gasteiger partial charge on any atom is 0.226 e. The van der Waals surface area contributed by atoms with E-state index in [-0.39, 0.29) is 5.82 Å². The van der Waals surface area contributed by atoms with Gasteiger partial charge < -0.3 is 10.1 Å². The first-order valence-corrected chi connectivity index (χ1v) is 6.61. The van der Waals surface area contributed by atoms with Crippen molar-refractivity contribution in [1.82, 2.24) is 9.97 Å². The number of halogens is 1. The monoisotopic (exact) mass is 275 g/mol. The molecule has 20 heavy (non-hydrogen) atoms. The van der Waals surface area contributed by atoms with Crippen molar-refractivity contribution < 1.29 is 9.13 Å². The standard InChI is InChI=1S/C15H18FN3O/c1-4-7-17-15-18-9-11(3)14(19-15)20-13-8-12(16)6-5-10(13)2/h5-6,8-9H,4,7H2,1-3H3,(H,17,18,19). The fourth-order valence-corrected chi connectivity index (χ4v) is 1.64. The van der Waals surface area contributed by atoms with Crippen LogP contribution in [-0.2, 0) is 0 Å². The molecule has 1 aromatic carbocycles. The molecule has 0 amide bonds. The zero-order valence-electron chi connectivity index (χ0n) is 11.9. The molecule has 0 saturated heterocycles. The van der Waals surface area contributed by atoms with Crippen LogP contribution in [0.25, 0.3) is 0 Å². The molecular weight excluding hydrogens is 257 g/mol. The molecule has 106 valence electrons. The molecule has 0 spiro atoms. The van der Waals surface area contributed by atoms with Crippen LogP contribution < -0.4 is 10.1 Å². The lowest BCUT2D eigenvalue weighted by atomic mass is 10.2. The maximum absolute atomic E-state index is 13.3. The maximum atomic E-state index is 13.3. The molecule has 0 radical (unpaired) electrons. The summed E-state index contributed by atoms with van der Waals surface area (Å²) in [6.07, 6.45) is 2.67. The molecule has 1 aromatic heterocycles. The van der Waals surface area contributed by atoms with Crippen molar-refractivity contribution in [1.29, 1.82) is 0 Å². The summed E-state index contributed by atoms with van der Waals surface area (Å²) in [5.74, 6) is 1.09. The summed E-state index contributed by atoms with van der Waals surface area (Å²) >= 11 is 0. The van der Waals surface area contributed by atoms with E-state index in [1.54, 1.807) is 12.3 Å². The number of rotatable bonds is 5. The Bertz CT molecular complexity index is 602. The van der Waals surface area contributed by atoms with Crippen LogP contribution in [-0.4, -0.2) is 16.5 Å². The van der Waals surface area contributed by atoms with Crippen LogP contribution in [0.1, 0.15) is 24.5 Å². The Balaban J connectivity index is 2.25. The Kier molecular flexibility index (Phi) is 4.50. The van der Waals surface area contributed by atoms with Crippen LogP contribution in [0.15, 0.2) is 24.4 Å². The predicted octanol–water partition coefficient (Wildman–Crippen LogP) is 3.85. The molecule has 0 bridgehead atoms. The van der Waals surface area contributed by atoms with Gasteiger partial charge in [-0.15, -0.1) is 0 Å². The number of ether oxygens (including phenoxy) is 1. The van der Waals surface area contributed by atoms with Gasteiger partial charge in [-0.3, -0.25) is 0 Å². The first-order valence-electron chi connectivity index (χ1n) is 6.61. The van der Waals surface area contributed by atoms with Crippen molar-refractivity contribution in [2.24, 2.45) is 0 Å². The molecule has 1 N–H and O–H groups in total. The van der Waals surface area contributed by atoms with Crippen LogP contribution in [0, 0.1) is 19.7 Å². The first kappa shape index (κ1) is 14.2. The molecule has 0 aliphatic rings. The second-order valence-corrected chi connectivity index (χ2v) is 4.62. The summed E-state index contributed by atoms with van der Waals surface area (Å²) in [5.41, 5.74) is 1.66. The molecule has 0 fully saturated rings. The zero-order valence-corrected chi connectivity index (χ0v) is 11.9. The van der Waals surface area contributed by atoms with Gasteiger partial charge >= 0.3 is 0 Å². The number of hydrogen-bond donors (Lipinski definition) is 1. The highest BCUT2D eigenvalue weighted by Crippen LogP contribution is 2.27. The number of aromatic nitrogens is 2. The Labute approximate surface area is 118 Å². The quantitative estimate of drug-likeness (QED) is 0.900. The predicted molar refractivity (Wildman–Crippen MR) is 76.8 cm³/mol. The molecule has 2 rings (SSSR count).